The molecule has 0 aliphatic heterocycles. The van der Waals surface area contributed by atoms with Crippen LogP contribution in [0.15, 0.2) is 12.1 Å². The van der Waals surface area contributed by atoms with Crippen molar-refractivity contribution in [3.05, 3.63) is 23.5 Å². The van der Waals surface area contributed by atoms with Crippen molar-refractivity contribution in [2.24, 2.45) is 5.73 Å². The normalized spacial score (nSPS) is 10.1. The molecule has 0 aromatic heterocycles. The number of benzene rings is 1. The van der Waals surface area contributed by atoms with Crippen molar-refractivity contribution in [2.45, 2.75) is 6.42 Å². The van der Waals surface area contributed by atoms with Crippen LogP contribution in [-0.2, 0) is 0 Å². The molecule has 1 rings (SSSR count). The van der Waals surface area contributed by atoms with Crippen molar-refractivity contribution in [3.8, 4) is 11.5 Å². The fourth-order valence-corrected chi connectivity index (χ4v) is 1.22. The minimum Gasteiger partial charge on any atom is -0.504 e. The average molecular weight is 213 g/mol. The molecule has 82 valence electrons. The summed E-state index contributed by atoms with van der Waals surface area (Å²) >= 11 is 0. The van der Waals surface area contributed by atoms with Gasteiger partial charge in [0.1, 0.15) is 0 Å². The minimum absolute atomic E-state index is 0.0604. The maximum atomic E-state index is 13.6. The lowest BCUT2D eigenvalue weighted by atomic mass is 10.1. The molecule has 0 atom stereocenters. The van der Waals surface area contributed by atoms with Gasteiger partial charge in [0.2, 0.25) is 0 Å². The molecule has 0 saturated carbocycles. The molecule has 0 fully saturated rings. The van der Waals surface area contributed by atoms with E-state index in [1.165, 1.54) is 19.2 Å². The zero-order valence-electron chi connectivity index (χ0n) is 8.29. The monoisotopic (exact) mass is 213 g/mol. The molecule has 0 bridgehead atoms. The second-order valence-electron chi connectivity index (χ2n) is 2.94. The van der Waals surface area contributed by atoms with Crippen LogP contribution in [-0.4, -0.2) is 24.5 Å². The molecule has 0 amide bonds. The van der Waals surface area contributed by atoms with Gasteiger partial charge in [-0.15, -0.1) is 0 Å². The zero-order valence-corrected chi connectivity index (χ0v) is 8.29. The van der Waals surface area contributed by atoms with E-state index in [1.54, 1.807) is 0 Å². The second-order valence-corrected chi connectivity index (χ2v) is 2.94. The smallest absolute Gasteiger partial charge is 0.197 e. The summed E-state index contributed by atoms with van der Waals surface area (Å²) in [5, 5.41) is 9.23. The summed E-state index contributed by atoms with van der Waals surface area (Å²) in [5.74, 6) is -1.92. The highest BCUT2D eigenvalue weighted by molar-refractivity contribution is 5.97. The summed E-state index contributed by atoms with van der Waals surface area (Å²) in [4.78, 5) is 11.4. The molecule has 5 heteroatoms. The number of hydrogen-bond donors (Lipinski definition) is 2. The fraction of sp³-hybridized carbons (Fsp3) is 0.300. The number of methoxy groups -OCH3 is 1. The summed E-state index contributed by atoms with van der Waals surface area (Å²) in [6.07, 6.45) is 0.0604. The Morgan fingerprint density at radius 3 is 2.80 bits per heavy atom. The first kappa shape index (κ1) is 11.5. The predicted octanol–water partition coefficient (Wildman–Crippen LogP) is 1.07. The summed E-state index contributed by atoms with van der Waals surface area (Å²) in [6.45, 7) is 0.154. The Morgan fingerprint density at radius 1 is 1.60 bits per heavy atom. The first-order valence-corrected chi connectivity index (χ1v) is 4.40. The SMILES string of the molecule is COc1c(O)ccc(C(=O)CCN)c1F. The van der Waals surface area contributed by atoms with Crippen molar-refractivity contribution in [3.63, 3.8) is 0 Å². The predicted molar refractivity (Wildman–Crippen MR) is 52.6 cm³/mol. The van der Waals surface area contributed by atoms with Crippen molar-refractivity contribution >= 4 is 5.78 Å². The highest BCUT2D eigenvalue weighted by Gasteiger charge is 2.18. The lowest BCUT2D eigenvalue weighted by Gasteiger charge is -2.07. The van der Waals surface area contributed by atoms with Gasteiger partial charge in [-0.25, -0.2) is 4.39 Å². The van der Waals surface area contributed by atoms with Gasteiger partial charge in [0, 0.05) is 6.42 Å². The Labute approximate surface area is 86.5 Å². The molecule has 0 saturated heterocycles. The van der Waals surface area contributed by atoms with E-state index in [9.17, 15) is 14.3 Å². The number of halogens is 1. The first-order chi connectivity index (χ1) is 7.11. The molecule has 0 aliphatic rings. The highest BCUT2D eigenvalue weighted by Crippen LogP contribution is 2.31. The average Bonchev–Trinajstić information content (AvgIpc) is 2.18. The van der Waals surface area contributed by atoms with Gasteiger partial charge >= 0.3 is 0 Å². The van der Waals surface area contributed by atoms with Crippen molar-refractivity contribution in [1.29, 1.82) is 0 Å². The number of nitrogens with two attached hydrogens (primary N) is 1. The van der Waals surface area contributed by atoms with Crippen molar-refractivity contribution in [2.75, 3.05) is 13.7 Å². The minimum atomic E-state index is -0.851. The van der Waals surface area contributed by atoms with Gasteiger partial charge in [-0.05, 0) is 18.7 Å². The number of hydrogen-bond acceptors (Lipinski definition) is 4. The second kappa shape index (κ2) is 4.75. The molecule has 0 spiro atoms. The topological polar surface area (TPSA) is 72.5 Å². The van der Waals surface area contributed by atoms with Crippen LogP contribution < -0.4 is 10.5 Å². The van der Waals surface area contributed by atoms with Crippen LogP contribution in [0.1, 0.15) is 16.8 Å². The number of ketones is 1. The Balaban J connectivity index is 3.15. The molecular weight excluding hydrogens is 201 g/mol. The van der Waals surface area contributed by atoms with Gasteiger partial charge in [0.15, 0.2) is 23.1 Å². The molecule has 0 unspecified atom stereocenters. The number of aromatic hydroxyl groups is 1. The van der Waals surface area contributed by atoms with Crippen LogP contribution in [0.2, 0.25) is 0 Å². The van der Waals surface area contributed by atoms with Crippen LogP contribution >= 0.6 is 0 Å². The first-order valence-electron chi connectivity index (χ1n) is 4.40. The maximum Gasteiger partial charge on any atom is 0.197 e. The van der Waals surface area contributed by atoms with Gasteiger partial charge in [0.25, 0.3) is 0 Å². The van der Waals surface area contributed by atoms with Gasteiger partial charge in [-0.3, -0.25) is 4.79 Å². The maximum absolute atomic E-state index is 13.6. The summed E-state index contributed by atoms with van der Waals surface area (Å²) < 4.78 is 18.2. The number of ether oxygens (including phenoxy) is 1. The summed E-state index contributed by atoms with van der Waals surface area (Å²) in [6, 6.07) is 2.43. The molecule has 1 aromatic rings. The van der Waals surface area contributed by atoms with E-state index in [0.29, 0.717) is 0 Å². The third-order valence-electron chi connectivity index (χ3n) is 1.95. The number of phenolic OH excluding ortho intramolecular Hbond substituents is 1. The Bertz CT molecular complexity index is 379. The van der Waals surface area contributed by atoms with Crippen LogP contribution in [0.5, 0.6) is 11.5 Å². The largest absolute Gasteiger partial charge is 0.504 e. The standard InChI is InChI=1S/C10H12FNO3/c1-15-10-8(14)3-2-6(9(10)11)7(13)4-5-12/h2-3,14H,4-5,12H2,1H3. The molecule has 4 nitrogen and oxygen atoms in total. The molecule has 0 aliphatic carbocycles. The summed E-state index contributed by atoms with van der Waals surface area (Å²) in [7, 11) is 1.22. The highest BCUT2D eigenvalue weighted by atomic mass is 19.1. The van der Waals surface area contributed by atoms with E-state index in [4.69, 9.17) is 5.73 Å². The molecule has 1 aromatic carbocycles. The molecule has 15 heavy (non-hydrogen) atoms. The van der Waals surface area contributed by atoms with Crippen LogP contribution in [0.4, 0.5) is 4.39 Å². The Morgan fingerprint density at radius 2 is 2.27 bits per heavy atom. The molecule has 0 heterocycles. The van der Waals surface area contributed by atoms with E-state index in [0.717, 1.165) is 0 Å². The van der Waals surface area contributed by atoms with Crippen LogP contribution in [0.3, 0.4) is 0 Å². The molecular formula is C10H12FNO3. The molecule has 3 N–H and O–H groups in total. The number of Topliss-reactive ketones (excluding diaryl/α,β-unsaturated/α-hetero) is 1. The van der Waals surface area contributed by atoms with Crippen molar-refractivity contribution in [1.82, 2.24) is 0 Å². The number of carbonyl (C=O) groups is 1. The lowest BCUT2D eigenvalue weighted by Crippen LogP contribution is -2.10. The van der Waals surface area contributed by atoms with Gasteiger partial charge in [0.05, 0.1) is 12.7 Å². The number of carbonyl (C=O) groups excluding carboxylic acids is 1. The third kappa shape index (κ3) is 2.24. The van der Waals surface area contributed by atoms with Gasteiger partial charge < -0.3 is 15.6 Å². The van der Waals surface area contributed by atoms with E-state index < -0.39 is 11.6 Å². The van der Waals surface area contributed by atoms with E-state index in [2.05, 4.69) is 4.74 Å². The fourth-order valence-electron chi connectivity index (χ4n) is 1.22. The number of phenols is 1. The van der Waals surface area contributed by atoms with Crippen molar-refractivity contribution < 1.29 is 19.0 Å². The van der Waals surface area contributed by atoms with Gasteiger partial charge in [-0.2, -0.15) is 0 Å². The van der Waals surface area contributed by atoms with Crippen LogP contribution in [0.25, 0.3) is 0 Å². The number of rotatable bonds is 4. The zero-order chi connectivity index (χ0) is 11.4. The van der Waals surface area contributed by atoms with Gasteiger partial charge in [-0.1, -0.05) is 0 Å². The Kier molecular flexibility index (Phi) is 3.62. The Hall–Kier alpha value is -1.62. The third-order valence-corrected chi connectivity index (χ3v) is 1.95. The summed E-state index contributed by atoms with van der Waals surface area (Å²) in [5.41, 5.74) is 5.08. The molecule has 0 radical (unpaired) electrons. The van der Waals surface area contributed by atoms with E-state index >= 15 is 0 Å². The van der Waals surface area contributed by atoms with Crippen LogP contribution in [0, 0.1) is 5.82 Å². The van der Waals surface area contributed by atoms with E-state index in [1.807, 2.05) is 0 Å². The van der Waals surface area contributed by atoms with E-state index in [-0.39, 0.29) is 30.0 Å². The quantitative estimate of drug-likeness (QED) is 0.734. The lowest BCUT2D eigenvalue weighted by molar-refractivity contribution is 0.0980.